The van der Waals surface area contributed by atoms with Gasteiger partial charge < -0.3 is 15.0 Å². The van der Waals surface area contributed by atoms with Crippen LogP contribution in [0.2, 0.25) is 0 Å². The molecule has 1 aromatic heterocycles. The highest BCUT2D eigenvalue weighted by atomic mass is 16.5. The molecule has 6 nitrogen and oxygen atoms in total. The van der Waals surface area contributed by atoms with Crippen LogP contribution in [0.4, 0.5) is 11.5 Å². The fourth-order valence-corrected chi connectivity index (χ4v) is 3.09. The van der Waals surface area contributed by atoms with Crippen LogP contribution in [-0.4, -0.2) is 37.1 Å². The van der Waals surface area contributed by atoms with Crippen molar-refractivity contribution in [2.75, 3.05) is 30.4 Å². The van der Waals surface area contributed by atoms with Gasteiger partial charge in [-0.1, -0.05) is 17.7 Å². The van der Waals surface area contributed by atoms with Gasteiger partial charge in [0.15, 0.2) is 0 Å². The van der Waals surface area contributed by atoms with Crippen molar-refractivity contribution >= 4 is 23.4 Å². The van der Waals surface area contributed by atoms with E-state index in [4.69, 9.17) is 4.74 Å². The van der Waals surface area contributed by atoms with Gasteiger partial charge in [0.05, 0.1) is 18.6 Å². The van der Waals surface area contributed by atoms with Crippen LogP contribution in [0, 0.1) is 12.8 Å². The summed E-state index contributed by atoms with van der Waals surface area (Å²) in [7, 11) is 1.42. The van der Waals surface area contributed by atoms with Crippen molar-refractivity contribution in [3.05, 3.63) is 53.7 Å². The van der Waals surface area contributed by atoms with Crippen molar-refractivity contribution in [3.63, 3.8) is 0 Å². The van der Waals surface area contributed by atoms with Gasteiger partial charge in [-0.25, -0.2) is 4.98 Å². The number of nitrogens with one attached hydrogen (secondary N) is 1. The van der Waals surface area contributed by atoms with E-state index in [1.807, 2.05) is 37.3 Å². The topological polar surface area (TPSA) is 71.5 Å². The van der Waals surface area contributed by atoms with Crippen LogP contribution in [0.1, 0.15) is 28.8 Å². The van der Waals surface area contributed by atoms with Crippen LogP contribution in [0.3, 0.4) is 0 Å². The lowest BCUT2D eigenvalue weighted by Crippen LogP contribution is -2.39. The highest BCUT2D eigenvalue weighted by molar-refractivity contribution is 6.04. The van der Waals surface area contributed by atoms with Gasteiger partial charge in [-0.3, -0.25) is 9.59 Å². The molecule has 0 saturated carbocycles. The minimum absolute atomic E-state index is 0.125. The Labute approximate surface area is 153 Å². The normalized spacial score (nSPS) is 16.8. The van der Waals surface area contributed by atoms with Gasteiger partial charge >= 0.3 is 5.97 Å². The third-order valence-electron chi connectivity index (χ3n) is 4.60. The van der Waals surface area contributed by atoms with Gasteiger partial charge in [0, 0.05) is 25.0 Å². The third-order valence-corrected chi connectivity index (χ3v) is 4.60. The van der Waals surface area contributed by atoms with Crippen LogP contribution >= 0.6 is 0 Å². The summed E-state index contributed by atoms with van der Waals surface area (Å²) < 4.78 is 4.85. The van der Waals surface area contributed by atoms with Crippen molar-refractivity contribution in [2.45, 2.75) is 19.8 Å². The molecule has 1 fully saturated rings. The lowest BCUT2D eigenvalue weighted by molar-refractivity contribution is -0.145. The molecule has 26 heavy (non-hydrogen) atoms. The lowest BCUT2D eigenvalue weighted by atomic mass is 9.98. The molecule has 0 bridgehead atoms. The Morgan fingerprint density at radius 2 is 1.96 bits per heavy atom. The Kier molecular flexibility index (Phi) is 5.51. The summed E-state index contributed by atoms with van der Waals surface area (Å²) in [5.74, 6) is 0.272. The van der Waals surface area contributed by atoms with Crippen LogP contribution in [0.25, 0.3) is 0 Å². The number of rotatable bonds is 4. The zero-order valence-corrected chi connectivity index (χ0v) is 15.1. The first-order chi connectivity index (χ1) is 12.6. The Hall–Kier alpha value is -2.89. The Morgan fingerprint density at radius 1 is 1.19 bits per heavy atom. The van der Waals surface area contributed by atoms with Crippen molar-refractivity contribution in [1.29, 1.82) is 0 Å². The summed E-state index contributed by atoms with van der Waals surface area (Å²) in [5, 5.41) is 2.86. The number of pyridine rings is 1. The third kappa shape index (κ3) is 4.20. The number of hydrogen-bond donors (Lipinski definition) is 1. The number of carbonyl (C=O) groups is 2. The number of methoxy groups -OCH3 is 1. The molecule has 1 aliphatic rings. The molecule has 0 aliphatic carbocycles. The number of amides is 1. The second kappa shape index (κ2) is 7.99. The molecule has 1 saturated heterocycles. The molecule has 0 spiro atoms. The number of esters is 1. The van der Waals surface area contributed by atoms with E-state index < -0.39 is 0 Å². The van der Waals surface area contributed by atoms with Crippen molar-refractivity contribution < 1.29 is 14.3 Å². The first kappa shape index (κ1) is 17.9. The molecule has 136 valence electrons. The maximum atomic E-state index is 12.3. The average Bonchev–Trinajstić information content (AvgIpc) is 2.69. The molecule has 0 unspecified atom stereocenters. The van der Waals surface area contributed by atoms with Crippen LogP contribution in [0.5, 0.6) is 0 Å². The fraction of sp³-hybridized carbons (Fsp3) is 0.350. The zero-order chi connectivity index (χ0) is 18.5. The Bertz CT molecular complexity index is 772. The van der Waals surface area contributed by atoms with E-state index >= 15 is 0 Å². The first-order valence-electron chi connectivity index (χ1n) is 8.73. The summed E-state index contributed by atoms with van der Waals surface area (Å²) in [6.07, 6.45) is 3.32. The SMILES string of the molecule is COC(=O)[C@@H]1CCCN(c2ccc(C(=O)Nc3ccc(C)cc3)cn2)C1. The maximum Gasteiger partial charge on any atom is 0.310 e. The quantitative estimate of drug-likeness (QED) is 0.856. The number of ether oxygens (including phenoxy) is 1. The number of anilines is 2. The summed E-state index contributed by atoms with van der Waals surface area (Å²) in [5.41, 5.74) is 2.39. The van der Waals surface area contributed by atoms with E-state index in [0.717, 1.165) is 36.5 Å². The van der Waals surface area contributed by atoms with E-state index in [0.29, 0.717) is 12.1 Å². The molecule has 1 atom stereocenters. The number of aromatic nitrogens is 1. The molecular weight excluding hydrogens is 330 g/mol. The molecule has 0 radical (unpaired) electrons. The van der Waals surface area contributed by atoms with E-state index in [2.05, 4.69) is 15.2 Å². The summed E-state index contributed by atoms with van der Waals surface area (Å²) in [4.78, 5) is 30.6. The average molecular weight is 353 g/mol. The molecule has 1 aliphatic heterocycles. The predicted molar refractivity (Wildman–Crippen MR) is 100 cm³/mol. The van der Waals surface area contributed by atoms with Gasteiger partial charge in [-0.15, -0.1) is 0 Å². The number of carbonyl (C=O) groups excluding carboxylic acids is 2. The summed E-state index contributed by atoms with van der Waals surface area (Å²) in [6, 6.07) is 11.2. The summed E-state index contributed by atoms with van der Waals surface area (Å²) >= 11 is 0. The van der Waals surface area contributed by atoms with Gasteiger partial charge in [0.25, 0.3) is 5.91 Å². The zero-order valence-electron chi connectivity index (χ0n) is 15.1. The number of piperidine rings is 1. The second-order valence-electron chi connectivity index (χ2n) is 6.53. The van der Waals surface area contributed by atoms with Gasteiger partial charge in [0.2, 0.25) is 0 Å². The Balaban J connectivity index is 1.65. The van der Waals surface area contributed by atoms with Crippen molar-refractivity contribution in [1.82, 2.24) is 4.98 Å². The van der Waals surface area contributed by atoms with Gasteiger partial charge in [-0.2, -0.15) is 0 Å². The minimum Gasteiger partial charge on any atom is -0.469 e. The highest BCUT2D eigenvalue weighted by Crippen LogP contribution is 2.22. The van der Waals surface area contributed by atoms with E-state index in [1.54, 1.807) is 12.3 Å². The molecule has 2 aromatic rings. The largest absolute Gasteiger partial charge is 0.469 e. The number of nitrogens with zero attached hydrogens (tertiary/aromatic N) is 2. The van der Waals surface area contributed by atoms with E-state index in [9.17, 15) is 9.59 Å². The smallest absolute Gasteiger partial charge is 0.310 e. The van der Waals surface area contributed by atoms with Crippen LogP contribution < -0.4 is 10.2 Å². The summed E-state index contributed by atoms with van der Waals surface area (Å²) in [6.45, 7) is 3.43. The van der Waals surface area contributed by atoms with Gasteiger partial charge in [-0.05, 0) is 44.0 Å². The van der Waals surface area contributed by atoms with Crippen molar-refractivity contribution in [3.8, 4) is 0 Å². The lowest BCUT2D eigenvalue weighted by Gasteiger charge is -2.32. The molecule has 2 heterocycles. The molecule has 3 rings (SSSR count). The van der Waals surface area contributed by atoms with Crippen LogP contribution in [-0.2, 0) is 9.53 Å². The standard InChI is InChI=1S/C20H23N3O3/c1-14-5-8-17(9-6-14)22-19(24)15-7-10-18(21-12-15)23-11-3-4-16(13-23)20(25)26-2/h5-10,12,16H,3-4,11,13H2,1-2H3,(H,22,24)/t16-/m1/s1. The number of benzene rings is 1. The fourth-order valence-electron chi connectivity index (χ4n) is 3.09. The monoisotopic (exact) mass is 353 g/mol. The first-order valence-corrected chi connectivity index (χ1v) is 8.73. The predicted octanol–water partition coefficient (Wildman–Crippen LogP) is 3.03. The molecule has 1 N–H and O–H groups in total. The van der Waals surface area contributed by atoms with E-state index in [-0.39, 0.29) is 17.8 Å². The maximum absolute atomic E-state index is 12.3. The molecule has 1 aromatic carbocycles. The highest BCUT2D eigenvalue weighted by Gasteiger charge is 2.27. The second-order valence-corrected chi connectivity index (χ2v) is 6.53. The van der Waals surface area contributed by atoms with Crippen LogP contribution in [0.15, 0.2) is 42.6 Å². The van der Waals surface area contributed by atoms with E-state index in [1.165, 1.54) is 7.11 Å². The van der Waals surface area contributed by atoms with Gasteiger partial charge in [0.1, 0.15) is 5.82 Å². The molecule has 1 amide bonds. The minimum atomic E-state index is -0.195. The Morgan fingerprint density at radius 3 is 2.62 bits per heavy atom. The molecular formula is C20H23N3O3. The molecule has 6 heteroatoms. The van der Waals surface area contributed by atoms with Crippen molar-refractivity contribution in [2.24, 2.45) is 5.92 Å². The number of aryl methyl sites for hydroxylation is 1. The number of hydrogen-bond acceptors (Lipinski definition) is 5.